The average molecular weight is 271 g/mol. The maximum absolute atomic E-state index is 12.3. The van der Waals surface area contributed by atoms with Gasteiger partial charge in [-0.05, 0) is 31.9 Å². The summed E-state index contributed by atoms with van der Waals surface area (Å²) in [6, 6.07) is 7.85. The molecule has 1 unspecified atom stereocenters. The fourth-order valence-electron chi connectivity index (χ4n) is 2.46. The lowest BCUT2D eigenvalue weighted by molar-refractivity contribution is -0.121. The topological polar surface area (TPSA) is 67.0 Å². The molecule has 0 aliphatic carbocycles. The van der Waals surface area contributed by atoms with Crippen LogP contribution in [0.2, 0.25) is 0 Å². The Morgan fingerprint density at radius 3 is 2.95 bits per heavy atom. The first-order valence-corrected chi connectivity index (χ1v) is 6.68. The predicted octanol–water partition coefficient (Wildman–Crippen LogP) is 2.22. The van der Waals surface area contributed by atoms with Crippen LogP contribution in [0.1, 0.15) is 17.0 Å². The van der Waals surface area contributed by atoms with Crippen molar-refractivity contribution in [2.24, 2.45) is 5.92 Å². The van der Waals surface area contributed by atoms with E-state index in [9.17, 15) is 4.79 Å². The zero-order valence-corrected chi connectivity index (χ0v) is 11.6. The molecule has 2 aromatic rings. The minimum Gasteiger partial charge on any atom is -0.492 e. The lowest BCUT2D eigenvalue weighted by Gasteiger charge is -2.24. The van der Waals surface area contributed by atoms with Crippen LogP contribution in [0.3, 0.4) is 0 Å². The molecule has 1 amide bonds. The van der Waals surface area contributed by atoms with E-state index in [2.05, 4.69) is 15.5 Å². The van der Waals surface area contributed by atoms with Crippen LogP contribution in [-0.4, -0.2) is 22.7 Å². The van der Waals surface area contributed by atoms with E-state index in [1.807, 2.05) is 38.1 Å². The molecule has 104 valence electrons. The molecule has 1 aliphatic rings. The number of aromatic nitrogens is 2. The Balaban J connectivity index is 1.74. The first-order chi connectivity index (χ1) is 9.65. The van der Waals surface area contributed by atoms with Gasteiger partial charge in [0.25, 0.3) is 0 Å². The van der Waals surface area contributed by atoms with E-state index in [-0.39, 0.29) is 11.8 Å². The Morgan fingerprint density at radius 2 is 2.20 bits per heavy atom. The SMILES string of the molecule is Cc1n[nH]c(C)c1NC(=O)C1COc2ccccc2C1. The van der Waals surface area contributed by atoms with Crippen molar-refractivity contribution in [3.05, 3.63) is 41.2 Å². The van der Waals surface area contributed by atoms with E-state index in [0.29, 0.717) is 13.0 Å². The van der Waals surface area contributed by atoms with Gasteiger partial charge in [-0.2, -0.15) is 5.10 Å². The summed E-state index contributed by atoms with van der Waals surface area (Å²) in [5, 5.41) is 9.89. The number of hydrogen-bond donors (Lipinski definition) is 2. The molecule has 2 N–H and O–H groups in total. The maximum Gasteiger partial charge on any atom is 0.231 e. The minimum atomic E-state index is -0.168. The number of aryl methyl sites for hydroxylation is 2. The third-order valence-corrected chi connectivity index (χ3v) is 3.63. The van der Waals surface area contributed by atoms with Crippen molar-refractivity contribution in [3.8, 4) is 5.75 Å². The molecule has 1 atom stereocenters. The molecule has 2 heterocycles. The van der Waals surface area contributed by atoms with Crippen LogP contribution in [0.25, 0.3) is 0 Å². The van der Waals surface area contributed by atoms with E-state index in [4.69, 9.17) is 4.74 Å². The highest BCUT2D eigenvalue weighted by atomic mass is 16.5. The second-order valence-electron chi connectivity index (χ2n) is 5.12. The fourth-order valence-corrected chi connectivity index (χ4v) is 2.46. The van der Waals surface area contributed by atoms with Crippen molar-refractivity contribution in [2.75, 3.05) is 11.9 Å². The molecule has 0 saturated heterocycles. The third-order valence-electron chi connectivity index (χ3n) is 3.63. The molecule has 1 aliphatic heterocycles. The Morgan fingerprint density at radius 1 is 1.40 bits per heavy atom. The molecule has 0 bridgehead atoms. The van der Waals surface area contributed by atoms with Crippen LogP contribution in [0, 0.1) is 19.8 Å². The molecule has 0 spiro atoms. The van der Waals surface area contributed by atoms with Crippen molar-refractivity contribution in [3.63, 3.8) is 0 Å². The molecular formula is C15H17N3O2. The number of amides is 1. The van der Waals surface area contributed by atoms with Crippen LogP contribution < -0.4 is 10.1 Å². The zero-order valence-electron chi connectivity index (χ0n) is 11.6. The third kappa shape index (κ3) is 2.27. The largest absolute Gasteiger partial charge is 0.492 e. The smallest absolute Gasteiger partial charge is 0.231 e. The minimum absolute atomic E-state index is 0.0212. The molecule has 1 aromatic heterocycles. The van der Waals surface area contributed by atoms with E-state index in [0.717, 1.165) is 28.4 Å². The van der Waals surface area contributed by atoms with Crippen molar-refractivity contribution in [1.82, 2.24) is 10.2 Å². The Kier molecular flexibility index (Phi) is 3.18. The fraction of sp³-hybridized carbons (Fsp3) is 0.333. The van der Waals surface area contributed by atoms with Gasteiger partial charge < -0.3 is 10.1 Å². The first kappa shape index (κ1) is 12.7. The van der Waals surface area contributed by atoms with Gasteiger partial charge in [0.2, 0.25) is 5.91 Å². The number of ether oxygens (including phenoxy) is 1. The number of carbonyl (C=O) groups excluding carboxylic acids is 1. The number of anilines is 1. The standard InChI is InChI=1S/C15H17N3O2/c1-9-14(10(2)18-17-9)16-15(19)12-7-11-5-3-4-6-13(11)20-8-12/h3-6,12H,7-8H2,1-2H3,(H,16,19)(H,17,18). The van der Waals surface area contributed by atoms with Gasteiger partial charge >= 0.3 is 0 Å². The number of H-pyrrole nitrogens is 1. The second kappa shape index (κ2) is 5.00. The molecule has 3 rings (SSSR count). The van der Waals surface area contributed by atoms with E-state index in [1.54, 1.807) is 0 Å². The zero-order chi connectivity index (χ0) is 14.1. The summed E-state index contributed by atoms with van der Waals surface area (Å²) >= 11 is 0. The lowest BCUT2D eigenvalue weighted by Crippen LogP contribution is -2.32. The summed E-state index contributed by atoms with van der Waals surface area (Å²) in [5.41, 5.74) is 3.52. The number of aromatic amines is 1. The summed E-state index contributed by atoms with van der Waals surface area (Å²) in [6.07, 6.45) is 0.706. The number of nitrogens with one attached hydrogen (secondary N) is 2. The summed E-state index contributed by atoms with van der Waals surface area (Å²) in [6.45, 7) is 4.17. The highest BCUT2D eigenvalue weighted by Crippen LogP contribution is 2.28. The number of hydrogen-bond acceptors (Lipinski definition) is 3. The molecule has 0 saturated carbocycles. The van der Waals surface area contributed by atoms with Gasteiger partial charge in [-0.25, -0.2) is 0 Å². The number of nitrogens with zero attached hydrogens (tertiary/aromatic N) is 1. The quantitative estimate of drug-likeness (QED) is 0.880. The number of para-hydroxylation sites is 1. The van der Waals surface area contributed by atoms with Crippen LogP contribution in [-0.2, 0) is 11.2 Å². The van der Waals surface area contributed by atoms with Crippen molar-refractivity contribution >= 4 is 11.6 Å². The Bertz CT molecular complexity index is 629. The van der Waals surface area contributed by atoms with Gasteiger partial charge in [0.15, 0.2) is 0 Å². The van der Waals surface area contributed by atoms with Crippen LogP contribution in [0.15, 0.2) is 24.3 Å². The summed E-state index contributed by atoms with van der Waals surface area (Å²) in [4.78, 5) is 12.3. The molecule has 20 heavy (non-hydrogen) atoms. The summed E-state index contributed by atoms with van der Waals surface area (Å²) < 4.78 is 5.65. The molecule has 5 heteroatoms. The summed E-state index contributed by atoms with van der Waals surface area (Å²) in [5.74, 6) is 0.693. The monoisotopic (exact) mass is 271 g/mol. The highest BCUT2D eigenvalue weighted by molar-refractivity contribution is 5.94. The van der Waals surface area contributed by atoms with E-state index < -0.39 is 0 Å². The van der Waals surface area contributed by atoms with Crippen LogP contribution >= 0.6 is 0 Å². The Hall–Kier alpha value is -2.30. The van der Waals surface area contributed by atoms with Gasteiger partial charge in [-0.1, -0.05) is 18.2 Å². The first-order valence-electron chi connectivity index (χ1n) is 6.68. The maximum atomic E-state index is 12.3. The lowest BCUT2D eigenvalue weighted by atomic mass is 9.96. The van der Waals surface area contributed by atoms with Crippen molar-refractivity contribution in [2.45, 2.75) is 20.3 Å². The van der Waals surface area contributed by atoms with Crippen LogP contribution in [0.4, 0.5) is 5.69 Å². The van der Waals surface area contributed by atoms with Crippen LogP contribution in [0.5, 0.6) is 5.75 Å². The number of carbonyl (C=O) groups is 1. The normalized spacial score (nSPS) is 17.2. The molecule has 0 radical (unpaired) electrons. The van der Waals surface area contributed by atoms with Gasteiger partial charge in [0.1, 0.15) is 12.4 Å². The Labute approximate surface area is 117 Å². The summed E-state index contributed by atoms with van der Waals surface area (Å²) in [7, 11) is 0. The van der Waals surface area contributed by atoms with E-state index >= 15 is 0 Å². The van der Waals surface area contributed by atoms with E-state index in [1.165, 1.54) is 0 Å². The van der Waals surface area contributed by atoms with Gasteiger partial charge in [0, 0.05) is 0 Å². The molecule has 0 fully saturated rings. The predicted molar refractivity (Wildman–Crippen MR) is 75.8 cm³/mol. The van der Waals surface area contributed by atoms with Gasteiger partial charge in [0.05, 0.1) is 23.0 Å². The van der Waals surface area contributed by atoms with Crippen molar-refractivity contribution < 1.29 is 9.53 Å². The molecule has 1 aromatic carbocycles. The van der Waals surface area contributed by atoms with Gasteiger partial charge in [-0.15, -0.1) is 0 Å². The highest BCUT2D eigenvalue weighted by Gasteiger charge is 2.26. The number of fused-ring (bicyclic) bond motifs is 1. The molecular weight excluding hydrogens is 254 g/mol. The van der Waals surface area contributed by atoms with Gasteiger partial charge in [-0.3, -0.25) is 9.89 Å². The number of benzene rings is 1. The van der Waals surface area contributed by atoms with Crippen molar-refractivity contribution in [1.29, 1.82) is 0 Å². The number of rotatable bonds is 2. The average Bonchev–Trinajstić information content (AvgIpc) is 2.78. The molecule has 5 nitrogen and oxygen atoms in total. The second-order valence-corrected chi connectivity index (χ2v) is 5.12.